The van der Waals surface area contributed by atoms with Gasteiger partial charge in [0.05, 0.1) is 6.04 Å². The number of nitrogens with zero attached hydrogens (tertiary/aromatic N) is 1. The van der Waals surface area contributed by atoms with E-state index in [0.717, 1.165) is 13.0 Å². The van der Waals surface area contributed by atoms with E-state index in [4.69, 9.17) is 11.6 Å². The van der Waals surface area contributed by atoms with E-state index >= 15 is 0 Å². The SMILES string of the molecule is O=C(Cl)C1=CC(=O)C2CCN12. The lowest BCUT2D eigenvalue weighted by molar-refractivity contribution is -0.120. The molecule has 3 nitrogen and oxygen atoms in total. The average Bonchev–Trinajstić information content (AvgIpc) is 2.02. The normalized spacial score (nSPS) is 27.7. The Morgan fingerprint density at radius 1 is 1.73 bits per heavy atom. The van der Waals surface area contributed by atoms with Gasteiger partial charge in [-0.3, -0.25) is 9.59 Å². The standard InChI is InChI=1S/C7H6ClNO2/c8-7(11)5-3-6(10)4-1-2-9(4)5/h3-4H,1-2H2. The molecule has 2 rings (SSSR count). The Balaban J connectivity index is 2.29. The van der Waals surface area contributed by atoms with Crippen molar-refractivity contribution in [3.63, 3.8) is 0 Å². The van der Waals surface area contributed by atoms with E-state index in [0.29, 0.717) is 5.70 Å². The molecule has 0 radical (unpaired) electrons. The minimum Gasteiger partial charge on any atom is -0.357 e. The third-order valence-corrected chi connectivity index (χ3v) is 2.33. The molecule has 1 unspecified atom stereocenters. The van der Waals surface area contributed by atoms with Gasteiger partial charge in [-0.1, -0.05) is 0 Å². The Morgan fingerprint density at radius 2 is 2.45 bits per heavy atom. The molecule has 0 aromatic carbocycles. The summed E-state index contributed by atoms with van der Waals surface area (Å²) >= 11 is 5.24. The highest BCUT2D eigenvalue weighted by atomic mass is 35.5. The molecule has 2 heterocycles. The fourth-order valence-electron chi connectivity index (χ4n) is 1.45. The van der Waals surface area contributed by atoms with Gasteiger partial charge in [0, 0.05) is 12.6 Å². The number of rotatable bonds is 1. The minimum atomic E-state index is -0.527. The van der Waals surface area contributed by atoms with Crippen molar-refractivity contribution in [2.45, 2.75) is 12.5 Å². The monoisotopic (exact) mass is 171 g/mol. The predicted molar refractivity (Wildman–Crippen MR) is 39.1 cm³/mol. The van der Waals surface area contributed by atoms with Crippen LogP contribution in [0.5, 0.6) is 0 Å². The predicted octanol–water partition coefficient (Wildman–Crippen LogP) is 0.293. The maximum atomic E-state index is 11.0. The summed E-state index contributed by atoms with van der Waals surface area (Å²) in [6.07, 6.45) is 2.19. The van der Waals surface area contributed by atoms with Crippen molar-refractivity contribution >= 4 is 22.6 Å². The highest BCUT2D eigenvalue weighted by Crippen LogP contribution is 2.30. The van der Waals surface area contributed by atoms with Crippen LogP contribution in [0.1, 0.15) is 6.42 Å². The molecule has 0 spiro atoms. The zero-order valence-corrected chi connectivity index (χ0v) is 6.47. The lowest BCUT2D eigenvalue weighted by Crippen LogP contribution is -2.47. The first-order valence-electron chi connectivity index (χ1n) is 3.42. The van der Waals surface area contributed by atoms with Crippen LogP contribution in [-0.2, 0) is 9.59 Å². The van der Waals surface area contributed by atoms with Crippen molar-refractivity contribution in [3.8, 4) is 0 Å². The third-order valence-electron chi connectivity index (χ3n) is 2.14. The summed E-state index contributed by atoms with van der Waals surface area (Å²) in [5.41, 5.74) is 0.368. The second-order valence-corrected chi connectivity index (χ2v) is 3.05. The van der Waals surface area contributed by atoms with Crippen molar-refractivity contribution in [1.29, 1.82) is 0 Å². The number of halogens is 1. The smallest absolute Gasteiger partial charge is 0.268 e. The molecule has 4 heteroatoms. The van der Waals surface area contributed by atoms with Crippen molar-refractivity contribution in [2.24, 2.45) is 0 Å². The van der Waals surface area contributed by atoms with Gasteiger partial charge in [0.2, 0.25) is 0 Å². The first-order valence-corrected chi connectivity index (χ1v) is 3.80. The van der Waals surface area contributed by atoms with Crippen LogP contribution in [0.25, 0.3) is 0 Å². The average molecular weight is 172 g/mol. The van der Waals surface area contributed by atoms with Crippen LogP contribution in [0, 0.1) is 0 Å². The molecule has 1 saturated heterocycles. The lowest BCUT2D eigenvalue weighted by Gasteiger charge is -2.36. The molecule has 0 aromatic heterocycles. The molecule has 2 aliphatic rings. The van der Waals surface area contributed by atoms with E-state index in [1.807, 2.05) is 0 Å². The Bertz CT molecular complexity index is 272. The minimum absolute atomic E-state index is 0.0141. The van der Waals surface area contributed by atoms with Gasteiger partial charge in [-0.05, 0) is 18.0 Å². The highest BCUT2D eigenvalue weighted by molar-refractivity contribution is 6.67. The molecule has 58 valence electrons. The van der Waals surface area contributed by atoms with Crippen molar-refractivity contribution in [2.75, 3.05) is 6.54 Å². The highest BCUT2D eigenvalue weighted by Gasteiger charge is 2.41. The first-order chi connectivity index (χ1) is 5.20. The zero-order chi connectivity index (χ0) is 8.01. The number of carbonyl (C=O) groups excluding carboxylic acids is 2. The van der Waals surface area contributed by atoms with Crippen LogP contribution in [0.4, 0.5) is 0 Å². The summed E-state index contributed by atoms with van der Waals surface area (Å²) in [5, 5.41) is -0.527. The Morgan fingerprint density at radius 3 is 2.73 bits per heavy atom. The number of carbonyl (C=O) groups is 2. The van der Waals surface area contributed by atoms with E-state index in [1.165, 1.54) is 6.08 Å². The summed E-state index contributed by atoms with van der Waals surface area (Å²) in [6.45, 7) is 0.778. The van der Waals surface area contributed by atoms with Gasteiger partial charge in [-0.2, -0.15) is 0 Å². The van der Waals surface area contributed by atoms with E-state index in [2.05, 4.69) is 0 Å². The van der Waals surface area contributed by atoms with Crippen molar-refractivity contribution in [1.82, 2.24) is 4.90 Å². The van der Waals surface area contributed by atoms with Gasteiger partial charge in [0.25, 0.3) is 5.24 Å². The van der Waals surface area contributed by atoms with Crippen LogP contribution in [0.2, 0.25) is 0 Å². The number of ketones is 1. The van der Waals surface area contributed by atoms with Crippen LogP contribution >= 0.6 is 11.6 Å². The van der Waals surface area contributed by atoms with Crippen molar-refractivity contribution in [3.05, 3.63) is 11.8 Å². The molecule has 0 aromatic rings. The second-order valence-electron chi connectivity index (χ2n) is 2.70. The Kier molecular flexibility index (Phi) is 1.29. The number of allylic oxidation sites excluding steroid dienone is 1. The Labute approximate surface area is 68.6 Å². The van der Waals surface area contributed by atoms with Crippen LogP contribution < -0.4 is 0 Å². The van der Waals surface area contributed by atoms with Crippen molar-refractivity contribution < 1.29 is 9.59 Å². The fourth-order valence-corrected chi connectivity index (χ4v) is 1.62. The fraction of sp³-hybridized carbons (Fsp3) is 0.429. The molecule has 1 fully saturated rings. The van der Waals surface area contributed by atoms with Crippen LogP contribution in [0.15, 0.2) is 11.8 Å². The van der Waals surface area contributed by atoms with E-state index in [9.17, 15) is 9.59 Å². The van der Waals surface area contributed by atoms with Gasteiger partial charge in [0.15, 0.2) is 5.78 Å². The number of hydrogen-bond donors (Lipinski definition) is 0. The molecule has 0 amide bonds. The molecule has 0 bridgehead atoms. The summed E-state index contributed by atoms with van der Waals surface area (Å²) in [5.74, 6) is 0.0141. The molecule has 0 aliphatic carbocycles. The van der Waals surface area contributed by atoms with Gasteiger partial charge >= 0.3 is 0 Å². The maximum Gasteiger partial charge on any atom is 0.268 e. The summed E-state index contributed by atoms with van der Waals surface area (Å²) in [6, 6.07) is -0.0762. The summed E-state index contributed by atoms with van der Waals surface area (Å²) in [7, 11) is 0. The summed E-state index contributed by atoms with van der Waals surface area (Å²) < 4.78 is 0. The molecular formula is C7H6ClNO2. The van der Waals surface area contributed by atoms with Crippen LogP contribution in [-0.4, -0.2) is 28.5 Å². The molecule has 1 atom stereocenters. The zero-order valence-electron chi connectivity index (χ0n) is 5.71. The van der Waals surface area contributed by atoms with Crippen LogP contribution in [0.3, 0.4) is 0 Å². The van der Waals surface area contributed by atoms with E-state index in [-0.39, 0.29) is 11.8 Å². The first kappa shape index (κ1) is 6.85. The number of fused-ring (bicyclic) bond motifs is 1. The largest absolute Gasteiger partial charge is 0.357 e. The molecule has 0 N–H and O–H groups in total. The topological polar surface area (TPSA) is 37.4 Å². The van der Waals surface area contributed by atoms with Gasteiger partial charge < -0.3 is 4.90 Å². The molecular weight excluding hydrogens is 166 g/mol. The van der Waals surface area contributed by atoms with Gasteiger partial charge in [-0.25, -0.2) is 0 Å². The third kappa shape index (κ3) is 0.807. The second kappa shape index (κ2) is 2.08. The summed E-state index contributed by atoms with van der Waals surface area (Å²) in [4.78, 5) is 23.5. The molecule has 2 aliphatic heterocycles. The van der Waals surface area contributed by atoms with Gasteiger partial charge in [0.1, 0.15) is 5.70 Å². The Hall–Kier alpha value is -0.830. The van der Waals surface area contributed by atoms with Gasteiger partial charge in [-0.15, -0.1) is 0 Å². The van der Waals surface area contributed by atoms with E-state index in [1.54, 1.807) is 4.90 Å². The molecule has 0 saturated carbocycles. The molecule has 11 heavy (non-hydrogen) atoms. The number of hydrogen-bond acceptors (Lipinski definition) is 3. The quantitative estimate of drug-likeness (QED) is 0.533. The maximum absolute atomic E-state index is 11.0. The lowest BCUT2D eigenvalue weighted by atomic mass is 10.0. The van der Waals surface area contributed by atoms with E-state index < -0.39 is 5.24 Å².